The smallest absolute Gasteiger partial charge is 0.251 e. The lowest BCUT2D eigenvalue weighted by atomic mass is 10.0. The van der Waals surface area contributed by atoms with Gasteiger partial charge in [0.1, 0.15) is 0 Å². The van der Waals surface area contributed by atoms with E-state index < -0.39 is 0 Å². The normalized spacial score (nSPS) is 22.7. The Morgan fingerprint density at radius 1 is 1.07 bits per heavy atom. The van der Waals surface area contributed by atoms with E-state index in [0.717, 1.165) is 25.2 Å². The van der Waals surface area contributed by atoms with E-state index in [4.69, 9.17) is 0 Å². The number of likely N-dealkylation sites (tertiary alicyclic amines) is 1. The van der Waals surface area contributed by atoms with Crippen molar-refractivity contribution in [3.8, 4) is 0 Å². The molecule has 2 atom stereocenters. The van der Waals surface area contributed by atoms with Gasteiger partial charge in [-0.05, 0) is 68.5 Å². The number of hydrogen-bond acceptors (Lipinski definition) is 3. The van der Waals surface area contributed by atoms with Crippen LogP contribution in [-0.2, 0) is 6.54 Å². The summed E-state index contributed by atoms with van der Waals surface area (Å²) in [6.07, 6.45) is 6.03. The van der Waals surface area contributed by atoms with Gasteiger partial charge in [0.05, 0.1) is 0 Å². The fourth-order valence-electron chi connectivity index (χ4n) is 4.53. The largest absolute Gasteiger partial charge is 0.355 e. The van der Waals surface area contributed by atoms with Gasteiger partial charge in [-0.2, -0.15) is 0 Å². The summed E-state index contributed by atoms with van der Waals surface area (Å²) >= 11 is 0. The fourth-order valence-corrected chi connectivity index (χ4v) is 4.53. The third-order valence-electron chi connectivity index (χ3n) is 6.46. The van der Waals surface area contributed by atoms with Gasteiger partial charge < -0.3 is 10.6 Å². The summed E-state index contributed by atoms with van der Waals surface area (Å²) in [7, 11) is 1.67. The molecule has 2 fully saturated rings. The fraction of sp³-hybridized carbons (Fsp3) is 0.423. The second kappa shape index (κ2) is 9.59. The topological polar surface area (TPSA) is 44.4 Å². The number of nitrogens with zero attached hydrogens (tertiary/aromatic N) is 1. The van der Waals surface area contributed by atoms with Crippen molar-refractivity contribution >= 4 is 12.0 Å². The Kier molecular flexibility index (Phi) is 6.66. The summed E-state index contributed by atoms with van der Waals surface area (Å²) in [5.74, 6) is 0.669. The minimum atomic E-state index is -0.0272. The summed E-state index contributed by atoms with van der Waals surface area (Å²) in [5.41, 5.74) is 4.80. The monoisotopic (exact) mass is 403 g/mol. The lowest BCUT2D eigenvalue weighted by Crippen LogP contribution is -2.43. The maximum absolute atomic E-state index is 11.7. The molecule has 1 saturated heterocycles. The van der Waals surface area contributed by atoms with Gasteiger partial charge >= 0.3 is 0 Å². The molecule has 1 aliphatic heterocycles. The third-order valence-corrected chi connectivity index (χ3v) is 6.46. The van der Waals surface area contributed by atoms with Gasteiger partial charge in [-0.3, -0.25) is 9.69 Å². The molecule has 1 saturated carbocycles. The first-order chi connectivity index (χ1) is 14.6. The molecule has 2 N–H and O–H groups in total. The Labute approximate surface area is 180 Å². The zero-order valence-electron chi connectivity index (χ0n) is 18.1. The minimum absolute atomic E-state index is 0.0272. The highest BCUT2D eigenvalue weighted by Gasteiger charge is 2.39. The van der Waals surface area contributed by atoms with Crippen LogP contribution in [0.3, 0.4) is 0 Å². The first kappa shape index (κ1) is 20.8. The molecule has 2 aromatic rings. The summed E-state index contributed by atoms with van der Waals surface area (Å²) in [6, 6.07) is 19.9. The second-order valence-electron chi connectivity index (χ2n) is 8.74. The van der Waals surface area contributed by atoms with Crippen LogP contribution in [0.25, 0.3) is 6.08 Å². The highest BCUT2D eigenvalue weighted by molar-refractivity contribution is 5.93. The summed E-state index contributed by atoms with van der Waals surface area (Å²) in [4.78, 5) is 14.2. The molecule has 0 bridgehead atoms. The number of hydrogen-bond donors (Lipinski definition) is 2. The number of rotatable bonds is 7. The maximum Gasteiger partial charge on any atom is 0.251 e. The Hall–Kier alpha value is -2.43. The number of benzene rings is 2. The Morgan fingerprint density at radius 2 is 1.77 bits per heavy atom. The van der Waals surface area contributed by atoms with Gasteiger partial charge in [-0.15, -0.1) is 0 Å². The van der Waals surface area contributed by atoms with Gasteiger partial charge in [0, 0.05) is 31.2 Å². The minimum Gasteiger partial charge on any atom is -0.355 e. The molecule has 4 rings (SSSR count). The van der Waals surface area contributed by atoms with Crippen molar-refractivity contribution in [2.24, 2.45) is 5.92 Å². The average Bonchev–Trinajstić information content (AvgIpc) is 3.55. The van der Waals surface area contributed by atoms with Crippen LogP contribution in [0.15, 0.2) is 60.2 Å². The van der Waals surface area contributed by atoms with E-state index in [1.165, 1.54) is 36.0 Å². The first-order valence-corrected chi connectivity index (χ1v) is 11.1. The number of amides is 1. The van der Waals surface area contributed by atoms with Crippen molar-refractivity contribution in [2.45, 2.75) is 44.8 Å². The SMILES string of the molecule is CNC(=O)c1ccc(CN2CCC(NC3CC3/C(C)=C/c3ccccc3)CC2)cc1. The van der Waals surface area contributed by atoms with Crippen molar-refractivity contribution in [2.75, 3.05) is 20.1 Å². The van der Waals surface area contributed by atoms with Crippen LogP contribution in [0.1, 0.15) is 47.7 Å². The molecule has 2 aromatic carbocycles. The summed E-state index contributed by atoms with van der Waals surface area (Å²) in [6.45, 7) is 5.50. The molecule has 2 aliphatic rings. The molecule has 30 heavy (non-hydrogen) atoms. The van der Waals surface area contributed by atoms with Crippen molar-refractivity contribution in [3.63, 3.8) is 0 Å². The first-order valence-electron chi connectivity index (χ1n) is 11.1. The van der Waals surface area contributed by atoms with Crippen LogP contribution in [-0.4, -0.2) is 43.0 Å². The predicted octanol–water partition coefficient (Wildman–Crippen LogP) is 4.09. The lowest BCUT2D eigenvalue weighted by Gasteiger charge is -2.32. The number of piperidine rings is 1. The van der Waals surface area contributed by atoms with Crippen LogP contribution >= 0.6 is 0 Å². The Bertz CT molecular complexity index is 867. The van der Waals surface area contributed by atoms with E-state index >= 15 is 0 Å². The van der Waals surface area contributed by atoms with Crippen molar-refractivity contribution < 1.29 is 4.79 Å². The third kappa shape index (κ3) is 5.38. The molecular formula is C26H33N3O. The van der Waals surface area contributed by atoms with E-state index in [2.05, 4.69) is 71.0 Å². The van der Waals surface area contributed by atoms with E-state index in [1.54, 1.807) is 7.05 Å². The van der Waals surface area contributed by atoms with Crippen molar-refractivity contribution in [3.05, 3.63) is 76.9 Å². The summed E-state index contributed by atoms with van der Waals surface area (Å²) in [5, 5.41) is 6.58. The van der Waals surface area contributed by atoms with Crippen molar-refractivity contribution in [1.29, 1.82) is 0 Å². The highest BCUT2D eigenvalue weighted by atomic mass is 16.1. The van der Waals surface area contributed by atoms with Crippen LogP contribution < -0.4 is 10.6 Å². The lowest BCUT2D eigenvalue weighted by molar-refractivity contribution is 0.0963. The second-order valence-corrected chi connectivity index (χ2v) is 8.74. The molecule has 1 aliphatic carbocycles. The van der Waals surface area contributed by atoms with Gasteiger partial charge in [-0.1, -0.05) is 54.1 Å². The molecule has 4 nitrogen and oxygen atoms in total. The zero-order chi connectivity index (χ0) is 20.9. The van der Waals surface area contributed by atoms with E-state index in [1.807, 2.05) is 12.1 Å². The summed E-state index contributed by atoms with van der Waals surface area (Å²) < 4.78 is 0. The van der Waals surface area contributed by atoms with Crippen molar-refractivity contribution in [1.82, 2.24) is 15.5 Å². The van der Waals surface area contributed by atoms with E-state index in [-0.39, 0.29) is 5.91 Å². The number of nitrogens with one attached hydrogen (secondary N) is 2. The maximum atomic E-state index is 11.7. The van der Waals surface area contributed by atoms with Gasteiger partial charge in [0.25, 0.3) is 5.91 Å². The number of carbonyl (C=O) groups is 1. The quantitative estimate of drug-likeness (QED) is 0.732. The van der Waals surface area contributed by atoms with Crippen LogP contribution in [0.2, 0.25) is 0 Å². The molecule has 1 heterocycles. The van der Waals surface area contributed by atoms with Gasteiger partial charge in [-0.25, -0.2) is 0 Å². The molecule has 2 unspecified atom stereocenters. The molecular weight excluding hydrogens is 370 g/mol. The van der Waals surface area contributed by atoms with Gasteiger partial charge in [0.2, 0.25) is 0 Å². The van der Waals surface area contributed by atoms with Crippen LogP contribution in [0.4, 0.5) is 0 Å². The highest BCUT2D eigenvalue weighted by Crippen LogP contribution is 2.38. The van der Waals surface area contributed by atoms with E-state index in [0.29, 0.717) is 18.0 Å². The van der Waals surface area contributed by atoms with Gasteiger partial charge in [0.15, 0.2) is 0 Å². The number of carbonyl (C=O) groups excluding carboxylic acids is 1. The standard InChI is InChI=1S/C26H33N3O/c1-19(16-20-6-4-3-5-7-20)24-17-25(24)28-23-12-14-29(15-13-23)18-21-8-10-22(11-9-21)26(30)27-2/h3-11,16,23-25,28H,12-15,17-18H2,1-2H3,(H,27,30)/b19-16+. The molecule has 0 aromatic heterocycles. The van der Waals surface area contributed by atoms with Crippen LogP contribution in [0, 0.1) is 5.92 Å². The Morgan fingerprint density at radius 3 is 2.43 bits per heavy atom. The molecule has 158 valence electrons. The zero-order valence-corrected chi connectivity index (χ0v) is 18.1. The average molecular weight is 404 g/mol. The molecule has 1 amide bonds. The predicted molar refractivity (Wildman–Crippen MR) is 123 cm³/mol. The molecule has 0 spiro atoms. The molecule has 4 heteroatoms. The van der Waals surface area contributed by atoms with E-state index in [9.17, 15) is 4.79 Å². The Balaban J connectivity index is 1.20. The van der Waals surface area contributed by atoms with Crippen LogP contribution in [0.5, 0.6) is 0 Å². The molecule has 0 radical (unpaired) electrons.